The number of halogens is 5. The van der Waals surface area contributed by atoms with Crippen LogP contribution in [0.3, 0.4) is 0 Å². The number of aromatic nitrogens is 1. The lowest BCUT2D eigenvalue weighted by Crippen LogP contribution is -2.31. The second kappa shape index (κ2) is 12.1. The third-order valence-electron chi connectivity index (χ3n) is 7.37. The molecule has 0 radical (unpaired) electrons. The molecular weight excluding hydrogens is 583 g/mol. The monoisotopic (exact) mass is 612 g/mol. The van der Waals surface area contributed by atoms with E-state index in [1.165, 1.54) is 36.8 Å². The highest BCUT2D eigenvalue weighted by molar-refractivity contribution is 6.03. The zero-order valence-corrected chi connectivity index (χ0v) is 24.3. The van der Waals surface area contributed by atoms with Gasteiger partial charge in [-0.2, -0.15) is 13.2 Å². The van der Waals surface area contributed by atoms with Crippen LogP contribution in [0, 0.1) is 18.6 Å². The molecule has 0 saturated carbocycles. The predicted molar refractivity (Wildman–Crippen MR) is 155 cm³/mol. The van der Waals surface area contributed by atoms with Crippen LogP contribution < -0.4 is 15.0 Å². The van der Waals surface area contributed by atoms with Crippen molar-refractivity contribution in [3.63, 3.8) is 0 Å². The number of alkyl halides is 3. The fraction of sp³-hybridized carbons (Fsp3) is 0.273. The fourth-order valence-corrected chi connectivity index (χ4v) is 5.47. The van der Waals surface area contributed by atoms with Gasteiger partial charge in [0.25, 0.3) is 5.56 Å². The van der Waals surface area contributed by atoms with Crippen molar-refractivity contribution < 1.29 is 36.3 Å². The van der Waals surface area contributed by atoms with E-state index >= 15 is 8.78 Å². The maximum Gasteiger partial charge on any atom is 0.416 e. The quantitative estimate of drug-likeness (QED) is 0.118. The van der Waals surface area contributed by atoms with Crippen molar-refractivity contribution in [1.82, 2.24) is 4.57 Å². The summed E-state index contributed by atoms with van der Waals surface area (Å²) in [6.45, 7) is 4.78. The van der Waals surface area contributed by atoms with E-state index in [-0.39, 0.29) is 46.6 Å². The molecule has 3 aromatic carbocycles. The highest BCUT2D eigenvalue weighted by atomic mass is 19.4. The van der Waals surface area contributed by atoms with Crippen molar-refractivity contribution >= 4 is 5.71 Å². The summed E-state index contributed by atoms with van der Waals surface area (Å²) in [6, 6.07) is 14.9. The number of oxime groups is 1. The number of ether oxygens (including phenoxy) is 2. The van der Waals surface area contributed by atoms with Crippen molar-refractivity contribution in [2.45, 2.75) is 45.5 Å². The molecule has 0 fully saturated rings. The number of benzene rings is 3. The van der Waals surface area contributed by atoms with E-state index in [9.17, 15) is 18.0 Å². The highest BCUT2D eigenvalue weighted by Gasteiger charge is 2.38. The summed E-state index contributed by atoms with van der Waals surface area (Å²) in [5.41, 5.74) is -1.58. The number of fused-ring (bicyclic) bond motifs is 1. The van der Waals surface area contributed by atoms with Crippen LogP contribution in [0.4, 0.5) is 22.0 Å². The maximum absolute atomic E-state index is 16.0. The van der Waals surface area contributed by atoms with Crippen LogP contribution in [-0.4, -0.2) is 30.1 Å². The smallest absolute Gasteiger partial charge is 0.416 e. The lowest BCUT2D eigenvalue weighted by Gasteiger charge is -2.21. The summed E-state index contributed by atoms with van der Waals surface area (Å²) in [7, 11) is 1.33. The van der Waals surface area contributed by atoms with Crippen molar-refractivity contribution in [2.24, 2.45) is 5.16 Å². The first-order valence-corrected chi connectivity index (χ1v) is 13.8. The molecule has 1 aliphatic rings. The van der Waals surface area contributed by atoms with Gasteiger partial charge in [-0.05, 0) is 44.5 Å². The average Bonchev–Trinajstić information content (AvgIpc) is 3.41. The lowest BCUT2D eigenvalue weighted by molar-refractivity contribution is -0.138. The van der Waals surface area contributed by atoms with Crippen molar-refractivity contribution in [1.29, 1.82) is 0 Å². The number of hydrogen-bond donors (Lipinski definition) is 0. The van der Waals surface area contributed by atoms with Gasteiger partial charge in [-0.3, -0.25) is 9.36 Å². The van der Waals surface area contributed by atoms with Crippen LogP contribution in [0.5, 0.6) is 11.6 Å². The second-order valence-corrected chi connectivity index (χ2v) is 10.5. The van der Waals surface area contributed by atoms with E-state index < -0.39 is 47.0 Å². The SMILES string of the molecule is CON=C(c1ccccc1)C1COc2c(Cc3c(F)cccc3C(F)(F)F)c(C)c(-c3cccc(OC(C)C)c3F)c(=O)n21. The Kier molecular flexibility index (Phi) is 8.49. The Bertz CT molecular complexity index is 1780. The maximum atomic E-state index is 16.0. The molecule has 6 nitrogen and oxygen atoms in total. The Labute approximate surface area is 250 Å². The first-order chi connectivity index (χ1) is 20.9. The Morgan fingerprint density at radius 2 is 1.73 bits per heavy atom. The number of rotatable bonds is 8. The fourth-order valence-electron chi connectivity index (χ4n) is 5.47. The lowest BCUT2D eigenvalue weighted by atomic mass is 9.91. The van der Waals surface area contributed by atoms with Crippen LogP contribution in [0.15, 0.2) is 76.7 Å². The second-order valence-electron chi connectivity index (χ2n) is 10.5. The molecule has 230 valence electrons. The third kappa shape index (κ3) is 5.66. The minimum absolute atomic E-state index is 0.0626. The molecule has 0 saturated heterocycles. The molecule has 1 aliphatic heterocycles. The van der Waals surface area contributed by atoms with Crippen LogP contribution >= 0.6 is 0 Å². The predicted octanol–water partition coefficient (Wildman–Crippen LogP) is 7.48. The zero-order chi connectivity index (χ0) is 31.8. The molecule has 1 unspecified atom stereocenters. The van der Waals surface area contributed by atoms with Gasteiger partial charge in [-0.25, -0.2) is 8.78 Å². The molecule has 5 rings (SSSR count). The van der Waals surface area contributed by atoms with Gasteiger partial charge >= 0.3 is 6.18 Å². The minimum Gasteiger partial charge on any atom is -0.488 e. The van der Waals surface area contributed by atoms with Gasteiger partial charge in [0.15, 0.2) is 11.6 Å². The summed E-state index contributed by atoms with van der Waals surface area (Å²) >= 11 is 0. The van der Waals surface area contributed by atoms with Gasteiger partial charge < -0.3 is 14.3 Å². The Balaban J connectivity index is 1.82. The molecule has 1 aromatic heterocycles. The minimum atomic E-state index is -4.85. The molecular formula is C33H29F5N2O4. The van der Waals surface area contributed by atoms with Crippen molar-refractivity contribution in [2.75, 3.05) is 13.7 Å². The van der Waals surface area contributed by atoms with E-state index in [1.54, 1.807) is 44.2 Å². The Hall–Kier alpha value is -4.67. The van der Waals surface area contributed by atoms with Gasteiger partial charge in [0.05, 0.1) is 17.2 Å². The van der Waals surface area contributed by atoms with Gasteiger partial charge in [0.1, 0.15) is 31.3 Å². The standard InChI is InChI=1S/C33H29F5N2O4/c1-18(2)44-27-15-8-12-21(29(27)35)28-19(3)22(16-23-24(33(36,37)38)13-9-14-25(23)34)32-40(31(28)41)26(17-43-32)30(39-42-4)20-10-6-5-7-11-20/h5-15,18,26H,16-17H2,1-4H3. The normalized spacial score (nSPS) is 14.9. The topological polar surface area (TPSA) is 62.0 Å². The van der Waals surface area contributed by atoms with E-state index in [4.69, 9.17) is 14.3 Å². The molecule has 0 aliphatic carbocycles. The van der Waals surface area contributed by atoms with E-state index in [0.29, 0.717) is 11.3 Å². The number of hydrogen-bond acceptors (Lipinski definition) is 5. The average molecular weight is 613 g/mol. The van der Waals surface area contributed by atoms with Crippen molar-refractivity contribution in [3.8, 4) is 22.8 Å². The molecule has 0 bridgehead atoms. The van der Waals surface area contributed by atoms with Gasteiger partial charge in [-0.1, -0.05) is 53.7 Å². The first-order valence-electron chi connectivity index (χ1n) is 13.8. The Morgan fingerprint density at radius 1 is 1.02 bits per heavy atom. The van der Waals surface area contributed by atoms with E-state index in [2.05, 4.69) is 5.16 Å². The summed E-state index contributed by atoms with van der Waals surface area (Å²) in [6.07, 6.45) is -5.82. The van der Waals surface area contributed by atoms with E-state index in [0.717, 1.165) is 18.2 Å². The summed E-state index contributed by atoms with van der Waals surface area (Å²) in [5, 5.41) is 4.15. The van der Waals surface area contributed by atoms with Crippen LogP contribution in [-0.2, 0) is 17.4 Å². The largest absolute Gasteiger partial charge is 0.488 e. The molecule has 0 N–H and O–H groups in total. The molecule has 4 aromatic rings. The molecule has 44 heavy (non-hydrogen) atoms. The van der Waals surface area contributed by atoms with Crippen LogP contribution in [0.2, 0.25) is 0 Å². The molecule has 11 heteroatoms. The molecule has 0 amide bonds. The van der Waals surface area contributed by atoms with E-state index in [1.807, 2.05) is 0 Å². The summed E-state index contributed by atoms with van der Waals surface area (Å²) < 4.78 is 85.9. The number of nitrogens with zero attached hydrogens (tertiary/aromatic N) is 2. The zero-order valence-electron chi connectivity index (χ0n) is 24.3. The van der Waals surface area contributed by atoms with Gasteiger partial charge in [0.2, 0.25) is 5.88 Å². The molecule has 0 spiro atoms. The third-order valence-corrected chi connectivity index (χ3v) is 7.37. The molecule has 1 atom stereocenters. The number of pyridine rings is 1. The summed E-state index contributed by atoms with van der Waals surface area (Å²) in [4.78, 5) is 19.4. The Morgan fingerprint density at radius 3 is 2.39 bits per heavy atom. The summed E-state index contributed by atoms with van der Waals surface area (Å²) in [5.74, 6) is -2.06. The van der Waals surface area contributed by atoms with Gasteiger partial charge in [0, 0.05) is 28.7 Å². The van der Waals surface area contributed by atoms with Crippen LogP contribution in [0.1, 0.15) is 47.7 Å². The van der Waals surface area contributed by atoms with Crippen LogP contribution in [0.25, 0.3) is 11.1 Å². The van der Waals surface area contributed by atoms with Gasteiger partial charge in [-0.15, -0.1) is 0 Å². The van der Waals surface area contributed by atoms with Crippen molar-refractivity contribution in [3.05, 3.63) is 117 Å². The highest BCUT2D eigenvalue weighted by Crippen LogP contribution is 2.41. The molecule has 2 heterocycles. The first kappa shape index (κ1) is 30.8.